The van der Waals surface area contributed by atoms with Gasteiger partial charge in [0.05, 0.1) is 20.8 Å². The zero-order valence-corrected chi connectivity index (χ0v) is 19.8. The Balaban J connectivity index is 1.49. The molecule has 2 aromatic carbocycles. The van der Waals surface area contributed by atoms with Gasteiger partial charge in [-0.1, -0.05) is 6.07 Å². The minimum atomic E-state index is 0.0785. The lowest BCUT2D eigenvalue weighted by atomic mass is 9.93. The molecule has 6 nitrogen and oxygen atoms in total. The molecule has 0 spiro atoms. The molecule has 1 fully saturated rings. The van der Waals surface area contributed by atoms with Gasteiger partial charge >= 0.3 is 0 Å². The van der Waals surface area contributed by atoms with Crippen LogP contribution in [-0.2, 0) is 22.7 Å². The maximum atomic E-state index is 12.5. The molecule has 1 atom stereocenters. The normalized spacial score (nSPS) is 16.6. The number of aryl methyl sites for hydroxylation is 1. The number of piperidine rings is 1. The minimum absolute atomic E-state index is 0.0785. The number of rotatable bonds is 10. The number of likely N-dealkylation sites (tertiary alicyclic amines) is 1. The van der Waals surface area contributed by atoms with E-state index < -0.39 is 0 Å². The third-order valence-electron chi connectivity index (χ3n) is 6.14. The van der Waals surface area contributed by atoms with E-state index in [1.54, 1.807) is 21.3 Å². The van der Waals surface area contributed by atoms with Crippen LogP contribution >= 0.6 is 0 Å². The zero-order valence-electron chi connectivity index (χ0n) is 19.8. The summed E-state index contributed by atoms with van der Waals surface area (Å²) < 4.78 is 16.0. The van der Waals surface area contributed by atoms with Crippen LogP contribution < -0.4 is 14.8 Å². The molecule has 1 saturated heterocycles. The second kappa shape index (κ2) is 11.9. The summed E-state index contributed by atoms with van der Waals surface area (Å²) in [6, 6.07) is 12.0. The Kier molecular flexibility index (Phi) is 8.94. The smallest absolute Gasteiger partial charge is 0.224 e. The van der Waals surface area contributed by atoms with Crippen molar-refractivity contribution >= 4 is 11.6 Å². The Morgan fingerprint density at radius 3 is 2.69 bits per heavy atom. The van der Waals surface area contributed by atoms with Crippen LogP contribution in [0.3, 0.4) is 0 Å². The number of anilines is 1. The Morgan fingerprint density at radius 2 is 1.97 bits per heavy atom. The van der Waals surface area contributed by atoms with Crippen molar-refractivity contribution in [1.82, 2.24) is 4.90 Å². The number of hydrogen-bond acceptors (Lipinski definition) is 5. The van der Waals surface area contributed by atoms with Crippen molar-refractivity contribution in [1.29, 1.82) is 0 Å². The van der Waals surface area contributed by atoms with Crippen LogP contribution in [-0.4, -0.2) is 45.2 Å². The van der Waals surface area contributed by atoms with E-state index in [0.717, 1.165) is 54.4 Å². The second-order valence-corrected chi connectivity index (χ2v) is 8.59. The van der Waals surface area contributed by atoms with Crippen LogP contribution in [0.2, 0.25) is 0 Å². The first-order valence-electron chi connectivity index (χ1n) is 11.3. The molecule has 1 aliphatic rings. The predicted molar refractivity (Wildman–Crippen MR) is 127 cm³/mol. The number of methoxy groups -OCH3 is 3. The average Bonchev–Trinajstić information content (AvgIpc) is 2.80. The van der Waals surface area contributed by atoms with E-state index in [2.05, 4.69) is 22.3 Å². The fourth-order valence-corrected chi connectivity index (χ4v) is 4.44. The van der Waals surface area contributed by atoms with E-state index in [9.17, 15) is 4.79 Å². The third-order valence-corrected chi connectivity index (χ3v) is 6.14. The van der Waals surface area contributed by atoms with Crippen molar-refractivity contribution in [2.75, 3.05) is 39.7 Å². The van der Waals surface area contributed by atoms with Gasteiger partial charge in [0, 0.05) is 37.9 Å². The van der Waals surface area contributed by atoms with E-state index in [4.69, 9.17) is 14.2 Å². The Labute approximate surface area is 191 Å². The second-order valence-electron chi connectivity index (χ2n) is 8.59. The highest BCUT2D eigenvalue weighted by Gasteiger charge is 2.21. The Hall–Kier alpha value is -2.57. The van der Waals surface area contributed by atoms with E-state index in [1.165, 1.54) is 18.4 Å². The van der Waals surface area contributed by atoms with E-state index in [-0.39, 0.29) is 5.91 Å². The van der Waals surface area contributed by atoms with Crippen LogP contribution in [0.5, 0.6) is 11.5 Å². The van der Waals surface area contributed by atoms with Crippen molar-refractivity contribution in [3.8, 4) is 11.5 Å². The van der Waals surface area contributed by atoms with Gasteiger partial charge in [-0.25, -0.2) is 0 Å². The third kappa shape index (κ3) is 6.71. The molecule has 0 bridgehead atoms. The quantitative estimate of drug-likeness (QED) is 0.576. The fourth-order valence-electron chi connectivity index (χ4n) is 4.44. The van der Waals surface area contributed by atoms with Gasteiger partial charge in [0.1, 0.15) is 11.5 Å². The molecule has 0 unspecified atom stereocenters. The van der Waals surface area contributed by atoms with E-state index in [0.29, 0.717) is 18.9 Å². The van der Waals surface area contributed by atoms with Gasteiger partial charge in [-0.3, -0.25) is 9.69 Å². The number of hydrogen-bond donors (Lipinski definition) is 1. The summed E-state index contributed by atoms with van der Waals surface area (Å²) in [5.74, 6) is 2.29. The monoisotopic (exact) mass is 440 g/mol. The summed E-state index contributed by atoms with van der Waals surface area (Å²) in [6.07, 6.45) is 3.81. The lowest BCUT2D eigenvalue weighted by Gasteiger charge is -2.33. The maximum Gasteiger partial charge on any atom is 0.224 e. The molecule has 1 heterocycles. The van der Waals surface area contributed by atoms with Crippen molar-refractivity contribution in [3.05, 3.63) is 53.1 Å². The van der Waals surface area contributed by atoms with Gasteiger partial charge in [0.25, 0.3) is 0 Å². The van der Waals surface area contributed by atoms with Crippen LogP contribution in [0.4, 0.5) is 5.69 Å². The highest BCUT2D eigenvalue weighted by molar-refractivity contribution is 5.91. The van der Waals surface area contributed by atoms with Crippen molar-refractivity contribution < 1.29 is 19.0 Å². The summed E-state index contributed by atoms with van der Waals surface area (Å²) in [6.45, 7) is 5.56. The molecule has 6 heteroatoms. The topological polar surface area (TPSA) is 60.0 Å². The molecule has 174 valence electrons. The molecule has 0 radical (unpaired) electrons. The molecule has 0 aliphatic carbocycles. The van der Waals surface area contributed by atoms with Crippen LogP contribution in [0.15, 0.2) is 36.4 Å². The molecule has 2 aromatic rings. The van der Waals surface area contributed by atoms with Crippen LogP contribution in [0, 0.1) is 12.8 Å². The fraction of sp³-hybridized carbons (Fsp3) is 0.500. The van der Waals surface area contributed by atoms with Gasteiger partial charge in [-0.2, -0.15) is 0 Å². The molecule has 0 saturated carbocycles. The maximum absolute atomic E-state index is 12.5. The molecule has 1 aliphatic heterocycles. The summed E-state index contributed by atoms with van der Waals surface area (Å²) in [7, 11) is 5.04. The van der Waals surface area contributed by atoms with E-state index >= 15 is 0 Å². The Morgan fingerprint density at radius 1 is 1.12 bits per heavy atom. The van der Waals surface area contributed by atoms with Gasteiger partial charge in [0.15, 0.2) is 0 Å². The molecule has 32 heavy (non-hydrogen) atoms. The van der Waals surface area contributed by atoms with Gasteiger partial charge in [-0.15, -0.1) is 0 Å². The molecule has 0 aromatic heterocycles. The number of carbonyl (C=O) groups excluding carboxylic acids is 1. The summed E-state index contributed by atoms with van der Waals surface area (Å²) in [4.78, 5) is 15.0. The number of benzene rings is 2. The van der Waals surface area contributed by atoms with Crippen LogP contribution in [0.25, 0.3) is 0 Å². The lowest BCUT2D eigenvalue weighted by Crippen LogP contribution is -2.35. The predicted octanol–water partition coefficient (Wildman–Crippen LogP) is 4.79. The first-order valence-corrected chi connectivity index (χ1v) is 11.3. The largest absolute Gasteiger partial charge is 0.497 e. The number of ether oxygens (including phenoxy) is 3. The van der Waals surface area contributed by atoms with Crippen molar-refractivity contribution in [3.63, 3.8) is 0 Å². The first-order chi connectivity index (χ1) is 15.5. The molecule has 1 N–H and O–H groups in total. The number of nitrogens with zero attached hydrogens (tertiary/aromatic N) is 1. The molecular weight excluding hydrogens is 404 g/mol. The lowest BCUT2D eigenvalue weighted by molar-refractivity contribution is -0.116. The zero-order chi connectivity index (χ0) is 22.9. The Bertz CT molecular complexity index is 899. The molecule has 3 rings (SSSR count). The summed E-state index contributed by atoms with van der Waals surface area (Å²) >= 11 is 0. The number of carbonyl (C=O) groups is 1. The first kappa shape index (κ1) is 24.1. The standard InChI is InChI=1S/C26H36N2O4/c1-19-14-23(31-3)9-10-24(19)27-26(29)12-8-20-6-5-13-28(16-20)17-21-7-11-25(32-4)22(15-21)18-30-2/h7,9-11,14-15,20H,5-6,8,12-13,16-18H2,1-4H3,(H,27,29)/t20-/m0/s1. The molecule has 1 amide bonds. The van der Waals surface area contributed by atoms with Crippen molar-refractivity contribution in [2.45, 2.75) is 45.8 Å². The highest BCUT2D eigenvalue weighted by Crippen LogP contribution is 2.26. The average molecular weight is 441 g/mol. The minimum Gasteiger partial charge on any atom is -0.497 e. The highest BCUT2D eigenvalue weighted by atomic mass is 16.5. The SMILES string of the molecule is COCc1cc(CN2CCC[C@@H](CCC(=O)Nc3ccc(OC)cc3C)C2)ccc1OC. The van der Waals surface area contributed by atoms with Gasteiger partial charge in [-0.05, 0) is 80.1 Å². The summed E-state index contributed by atoms with van der Waals surface area (Å²) in [5, 5.41) is 3.05. The van der Waals surface area contributed by atoms with Gasteiger partial charge < -0.3 is 19.5 Å². The number of amides is 1. The van der Waals surface area contributed by atoms with E-state index in [1.807, 2.05) is 31.2 Å². The molecular formula is C26H36N2O4. The van der Waals surface area contributed by atoms with Crippen molar-refractivity contribution in [2.24, 2.45) is 5.92 Å². The summed E-state index contributed by atoms with van der Waals surface area (Å²) in [5.41, 5.74) is 4.21. The van der Waals surface area contributed by atoms with Crippen LogP contribution in [0.1, 0.15) is 42.4 Å². The van der Waals surface area contributed by atoms with Gasteiger partial charge in [0.2, 0.25) is 5.91 Å². The number of nitrogens with one attached hydrogen (secondary N) is 1.